The highest BCUT2D eigenvalue weighted by Gasteiger charge is 2.29. The number of thioether (sulfide) groups is 1. The zero-order valence-electron chi connectivity index (χ0n) is 19.4. The third-order valence-corrected chi connectivity index (χ3v) is 6.95. The summed E-state index contributed by atoms with van der Waals surface area (Å²) >= 11 is 5.00. The number of carbonyl (C=O) groups excluding carboxylic acids is 2. The molecule has 0 radical (unpaired) electrons. The molecule has 0 saturated carbocycles. The number of benzene rings is 3. The van der Waals surface area contributed by atoms with E-state index in [-0.39, 0.29) is 17.6 Å². The summed E-state index contributed by atoms with van der Waals surface area (Å²) in [5.74, 6) is 1.55. The number of amides is 2. The zero-order chi connectivity index (χ0) is 24.3. The second kappa shape index (κ2) is 13.2. The van der Waals surface area contributed by atoms with Gasteiger partial charge in [-0.15, -0.1) is 11.8 Å². The van der Waals surface area contributed by atoms with E-state index in [1.54, 1.807) is 30.8 Å². The van der Waals surface area contributed by atoms with Crippen molar-refractivity contribution in [3.63, 3.8) is 0 Å². The minimum absolute atomic E-state index is 0.0639. The number of hydrogen-bond acceptors (Lipinski definition) is 4. The maximum Gasteiger partial charge on any atom is 0.242 e. The number of rotatable bonds is 11. The molecule has 0 aliphatic carbocycles. The Morgan fingerprint density at radius 3 is 2.21 bits per heavy atom. The van der Waals surface area contributed by atoms with Gasteiger partial charge in [-0.1, -0.05) is 70.5 Å². The maximum absolute atomic E-state index is 13.5. The van der Waals surface area contributed by atoms with Gasteiger partial charge < -0.3 is 15.0 Å². The summed E-state index contributed by atoms with van der Waals surface area (Å²) in [5.41, 5.74) is 3.10. The quantitative estimate of drug-likeness (QED) is 0.368. The first-order valence-corrected chi connectivity index (χ1v) is 12.9. The van der Waals surface area contributed by atoms with Crippen LogP contribution >= 0.6 is 27.7 Å². The molecule has 7 heteroatoms. The lowest BCUT2D eigenvalue weighted by Crippen LogP contribution is -2.50. The molecule has 3 aromatic rings. The van der Waals surface area contributed by atoms with Crippen LogP contribution in [0.5, 0.6) is 5.75 Å². The number of ether oxygens (including phenoxy) is 1. The van der Waals surface area contributed by atoms with Crippen molar-refractivity contribution in [2.75, 3.05) is 19.9 Å². The van der Waals surface area contributed by atoms with Crippen molar-refractivity contribution in [1.82, 2.24) is 10.2 Å². The van der Waals surface area contributed by atoms with Crippen molar-refractivity contribution in [1.29, 1.82) is 0 Å². The molecule has 0 heterocycles. The van der Waals surface area contributed by atoms with E-state index < -0.39 is 6.04 Å². The molecule has 0 spiro atoms. The molecule has 34 heavy (non-hydrogen) atoms. The number of carbonyl (C=O) groups is 2. The first-order valence-electron chi connectivity index (χ1n) is 11.0. The fourth-order valence-corrected chi connectivity index (χ4v) is 4.70. The summed E-state index contributed by atoms with van der Waals surface area (Å²) in [6, 6.07) is 24.9. The van der Waals surface area contributed by atoms with Gasteiger partial charge in [-0.2, -0.15) is 0 Å². The Morgan fingerprint density at radius 2 is 1.59 bits per heavy atom. The molecule has 3 aromatic carbocycles. The SMILES string of the molecule is CNC(=O)[C@H](Cc1ccccc1)N(Cc1ccc(Br)cc1)C(=O)CSCc1ccc(OC)cc1. The fourth-order valence-electron chi connectivity index (χ4n) is 3.57. The van der Waals surface area contributed by atoms with E-state index in [0.717, 1.165) is 26.9 Å². The van der Waals surface area contributed by atoms with E-state index in [9.17, 15) is 9.59 Å². The normalized spacial score (nSPS) is 11.5. The van der Waals surface area contributed by atoms with Crippen molar-refractivity contribution >= 4 is 39.5 Å². The van der Waals surface area contributed by atoms with Crippen molar-refractivity contribution in [2.45, 2.75) is 24.8 Å². The Kier molecular flexibility index (Phi) is 10.0. The van der Waals surface area contributed by atoms with Crippen molar-refractivity contribution in [2.24, 2.45) is 0 Å². The smallest absolute Gasteiger partial charge is 0.242 e. The number of nitrogens with zero attached hydrogens (tertiary/aromatic N) is 1. The Morgan fingerprint density at radius 1 is 0.941 bits per heavy atom. The van der Waals surface area contributed by atoms with Gasteiger partial charge in [-0.3, -0.25) is 9.59 Å². The third kappa shape index (κ3) is 7.64. The first-order chi connectivity index (χ1) is 16.5. The van der Waals surface area contributed by atoms with Crippen LogP contribution in [0.25, 0.3) is 0 Å². The Labute approximate surface area is 214 Å². The van der Waals surface area contributed by atoms with Gasteiger partial charge >= 0.3 is 0 Å². The van der Waals surface area contributed by atoms with Crippen LogP contribution in [0.3, 0.4) is 0 Å². The average molecular weight is 542 g/mol. The predicted octanol–water partition coefficient (Wildman–Crippen LogP) is 5.08. The zero-order valence-corrected chi connectivity index (χ0v) is 21.8. The molecule has 0 bridgehead atoms. The lowest BCUT2D eigenvalue weighted by atomic mass is 10.0. The lowest BCUT2D eigenvalue weighted by molar-refractivity contribution is -0.139. The van der Waals surface area contributed by atoms with E-state index in [0.29, 0.717) is 18.7 Å². The summed E-state index contributed by atoms with van der Waals surface area (Å²) in [6.45, 7) is 0.361. The minimum Gasteiger partial charge on any atom is -0.497 e. The maximum atomic E-state index is 13.5. The predicted molar refractivity (Wildman–Crippen MR) is 142 cm³/mol. The summed E-state index contributed by atoms with van der Waals surface area (Å²) in [6.07, 6.45) is 0.450. The van der Waals surface area contributed by atoms with Crippen LogP contribution in [0.1, 0.15) is 16.7 Å². The van der Waals surface area contributed by atoms with E-state index in [4.69, 9.17) is 4.74 Å². The number of halogens is 1. The number of nitrogens with one attached hydrogen (secondary N) is 1. The molecule has 0 aromatic heterocycles. The third-order valence-electron chi connectivity index (χ3n) is 5.44. The molecular formula is C27H29BrN2O3S. The van der Waals surface area contributed by atoms with Gasteiger partial charge in [-0.05, 0) is 41.0 Å². The Bertz CT molecular complexity index is 1060. The molecule has 178 valence electrons. The van der Waals surface area contributed by atoms with Gasteiger partial charge in [-0.25, -0.2) is 0 Å². The van der Waals surface area contributed by atoms with E-state index in [1.165, 1.54) is 0 Å². The van der Waals surface area contributed by atoms with Crippen LogP contribution in [-0.4, -0.2) is 42.7 Å². The van der Waals surface area contributed by atoms with Crippen LogP contribution in [-0.2, 0) is 28.3 Å². The second-order valence-corrected chi connectivity index (χ2v) is 9.71. The molecule has 0 unspecified atom stereocenters. The molecule has 1 N–H and O–H groups in total. The monoisotopic (exact) mass is 540 g/mol. The summed E-state index contributed by atoms with van der Waals surface area (Å²) in [5, 5.41) is 2.75. The molecule has 0 aliphatic rings. The standard InChI is InChI=1S/C27H29BrN2O3S/c1-29-27(32)25(16-20-6-4-3-5-7-20)30(17-21-8-12-23(28)13-9-21)26(31)19-34-18-22-10-14-24(33-2)15-11-22/h3-15,25H,16-19H2,1-2H3,(H,29,32)/t25-/m0/s1. The molecular weight excluding hydrogens is 512 g/mol. The Balaban J connectivity index is 1.77. The number of hydrogen-bond donors (Lipinski definition) is 1. The van der Waals surface area contributed by atoms with Gasteiger partial charge in [0.25, 0.3) is 0 Å². The van der Waals surface area contributed by atoms with Gasteiger partial charge in [0.1, 0.15) is 11.8 Å². The second-order valence-electron chi connectivity index (χ2n) is 7.81. The lowest BCUT2D eigenvalue weighted by Gasteiger charge is -2.31. The fraction of sp³-hybridized carbons (Fsp3) is 0.259. The molecule has 0 aliphatic heterocycles. The van der Waals surface area contributed by atoms with Crippen LogP contribution in [0.4, 0.5) is 0 Å². The highest BCUT2D eigenvalue weighted by molar-refractivity contribution is 9.10. The van der Waals surface area contributed by atoms with E-state index in [2.05, 4.69) is 21.2 Å². The summed E-state index contributed by atoms with van der Waals surface area (Å²) < 4.78 is 6.18. The summed E-state index contributed by atoms with van der Waals surface area (Å²) in [7, 11) is 3.25. The Hall–Kier alpha value is -2.77. The molecule has 5 nitrogen and oxygen atoms in total. The van der Waals surface area contributed by atoms with Crippen molar-refractivity contribution in [3.8, 4) is 5.75 Å². The van der Waals surface area contributed by atoms with Gasteiger partial charge in [0.05, 0.1) is 12.9 Å². The van der Waals surface area contributed by atoms with Crippen LogP contribution in [0.15, 0.2) is 83.3 Å². The first kappa shape index (κ1) is 25.8. The van der Waals surface area contributed by atoms with E-state index >= 15 is 0 Å². The molecule has 3 rings (SSSR count). The molecule has 2 amide bonds. The average Bonchev–Trinajstić information content (AvgIpc) is 2.87. The van der Waals surface area contributed by atoms with Crippen molar-refractivity contribution in [3.05, 3.63) is 100 Å². The largest absolute Gasteiger partial charge is 0.497 e. The summed E-state index contributed by atoms with van der Waals surface area (Å²) in [4.78, 5) is 28.1. The van der Waals surface area contributed by atoms with E-state index in [1.807, 2.05) is 78.9 Å². The van der Waals surface area contributed by atoms with Crippen molar-refractivity contribution < 1.29 is 14.3 Å². The molecule has 1 atom stereocenters. The minimum atomic E-state index is -0.606. The van der Waals surface area contributed by atoms with Gasteiger partial charge in [0.15, 0.2) is 0 Å². The number of methoxy groups -OCH3 is 1. The van der Waals surface area contributed by atoms with Crippen LogP contribution in [0.2, 0.25) is 0 Å². The number of likely N-dealkylation sites (N-methyl/N-ethyl adjacent to an activating group) is 1. The van der Waals surface area contributed by atoms with Gasteiger partial charge in [0, 0.05) is 30.2 Å². The van der Waals surface area contributed by atoms with Crippen LogP contribution < -0.4 is 10.1 Å². The highest BCUT2D eigenvalue weighted by atomic mass is 79.9. The molecule has 0 fully saturated rings. The van der Waals surface area contributed by atoms with Gasteiger partial charge in [0.2, 0.25) is 11.8 Å². The molecule has 0 saturated heterocycles. The highest BCUT2D eigenvalue weighted by Crippen LogP contribution is 2.20. The van der Waals surface area contributed by atoms with Crippen LogP contribution in [0, 0.1) is 0 Å². The topological polar surface area (TPSA) is 58.6 Å².